The number of ether oxygens (including phenoxy) is 1. The summed E-state index contributed by atoms with van der Waals surface area (Å²) in [4.78, 5) is 24.5. The first-order valence-electron chi connectivity index (χ1n) is 5.30. The molecule has 0 aromatic heterocycles. The second-order valence-corrected chi connectivity index (χ2v) is 4.48. The molecule has 0 saturated carbocycles. The average molecular weight is 254 g/mol. The van der Waals surface area contributed by atoms with Gasteiger partial charge in [-0.25, -0.2) is 9.69 Å². The second kappa shape index (κ2) is 4.75. The van der Waals surface area contributed by atoms with Crippen molar-refractivity contribution >= 4 is 23.6 Å². The lowest BCUT2D eigenvalue weighted by Crippen LogP contribution is -2.38. The molecular weight excluding hydrogens is 242 g/mol. The van der Waals surface area contributed by atoms with Gasteiger partial charge in [0.05, 0.1) is 0 Å². The van der Waals surface area contributed by atoms with Crippen molar-refractivity contribution in [3.63, 3.8) is 0 Å². The Morgan fingerprint density at radius 3 is 2.71 bits per heavy atom. The fraction of sp³-hybridized carbons (Fsp3) is 0.333. The number of carbonyl (C=O) groups is 2. The first-order valence-corrected chi connectivity index (χ1v) is 5.73. The fourth-order valence-electron chi connectivity index (χ4n) is 1.78. The molecule has 2 amide bonds. The Labute approximate surface area is 104 Å². The summed E-state index contributed by atoms with van der Waals surface area (Å²) in [7, 11) is 0. The Kier molecular flexibility index (Phi) is 3.33. The van der Waals surface area contributed by atoms with E-state index in [9.17, 15) is 9.59 Å². The van der Waals surface area contributed by atoms with Crippen molar-refractivity contribution in [3.05, 3.63) is 35.9 Å². The normalized spacial score (nSPS) is 21.2. The number of halogens is 1. The first kappa shape index (κ1) is 11.9. The number of amides is 2. The Morgan fingerprint density at radius 2 is 2.12 bits per heavy atom. The molecule has 90 valence electrons. The van der Waals surface area contributed by atoms with E-state index in [0.717, 1.165) is 10.5 Å². The Morgan fingerprint density at radius 1 is 1.47 bits per heavy atom. The number of rotatable bonds is 2. The van der Waals surface area contributed by atoms with Gasteiger partial charge in [-0.2, -0.15) is 0 Å². The predicted octanol–water partition coefficient (Wildman–Crippen LogP) is 2.33. The molecule has 2 rings (SSSR count). The largest absolute Gasteiger partial charge is 0.446 e. The molecule has 1 fully saturated rings. The summed E-state index contributed by atoms with van der Waals surface area (Å²) in [5, 5.41) is -0.744. The van der Waals surface area contributed by atoms with Crippen LogP contribution in [0.25, 0.3) is 0 Å². The maximum absolute atomic E-state index is 11.8. The van der Waals surface area contributed by atoms with Crippen LogP contribution in [0.5, 0.6) is 0 Å². The lowest BCUT2D eigenvalue weighted by molar-refractivity contribution is -0.128. The van der Waals surface area contributed by atoms with Crippen LogP contribution in [0, 0.1) is 0 Å². The van der Waals surface area contributed by atoms with E-state index in [0.29, 0.717) is 0 Å². The average Bonchev–Trinajstić information content (AvgIpc) is 2.71. The standard InChI is InChI=1S/C12H12ClNO3/c1-8(13)11(15)14-10(7-17-12(14)16)9-5-3-2-4-6-9/h2-6,8,10H,7H2,1H3/t8?,10-/m0/s1. The maximum atomic E-state index is 11.8. The van der Waals surface area contributed by atoms with E-state index in [1.165, 1.54) is 6.92 Å². The monoisotopic (exact) mass is 253 g/mol. The van der Waals surface area contributed by atoms with Crippen molar-refractivity contribution in [2.24, 2.45) is 0 Å². The molecular formula is C12H12ClNO3. The van der Waals surface area contributed by atoms with Gasteiger partial charge in [-0.1, -0.05) is 30.3 Å². The van der Waals surface area contributed by atoms with Crippen LogP contribution in [-0.4, -0.2) is 28.9 Å². The van der Waals surface area contributed by atoms with Gasteiger partial charge in [0.1, 0.15) is 18.0 Å². The van der Waals surface area contributed by atoms with Gasteiger partial charge in [-0.05, 0) is 12.5 Å². The molecule has 1 aromatic rings. The smallest absolute Gasteiger partial charge is 0.417 e. The molecule has 1 aromatic carbocycles. The van der Waals surface area contributed by atoms with Gasteiger partial charge in [0.2, 0.25) is 5.91 Å². The highest BCUT2D eigenvalue weighted by molar-refractivity contribution is 6.31. The fourth-order valence-corrected chi connectivity index (χ4v) is 1.88. The number of nitrogens with zero attached hydrogens (tertiary/aromatic N) is 1. The zero-order valence-electron chi connectivity index (χ0n) is 9.30. The lowest BCUT2D eigenvalue weighted by Gasteiger charge is -2.20. The molecule has 1 aliphatic heterocycles. The third kappa shape index (κ3) is 2.26. The molecule has 0 N–H and O–H groups in total. The van der Waals surface area contributed by atoms with Crippen LogP contribution in [0.15, 0.2) is 30.3 Å². The minimum atomic E-state index is -0.744. The quantitative estimate of drug-likeness (QED) is 0.760. The number of alkyl halides is 1. The molecule has 4 nitrogen and oxygen atoms in total. The van der Waals surface area contributed by atoms with E-state index in [2.05, 4.69) is 0 Å². The van der Waals surface area contributed by atoms with Crippen LogP contribution in [0.4, 0.5) is 4.79 Å². The summed E-state index contributed by atoms with van der Waals surface area (Å²) in [5.41, 5.74) is 0.865. The van der Waals surface area contributed by atoms with E-state index in [4.69, 9.17) is 16.3 Å². The van der Waals surface area contributed by atoms with E-state index >= 15 is 0 Å². The zero-order chi connectivity index (χ0) is 12.4. The molecule has 1 saturated heterocycles. The molecule has 0 spiro atoms. The molecule has 5 heteroatoms. The summed E-state index contributed by atoms with van der Waals surface area (Å²) < 4.78 is 4.91. The zero-order valence-corrected chi connectivity index (χ0v) is 10.1. The molecule has 1 aliphatic rings. The van der Waals surface area contributed by atoms with E-state index in [1.54, 1.807) is 0 Å². The number of hydrogen-bond donors (Lipinski definition) is 0. The van der Waals surface area contributed by atoms with Gasteiger partial charge in [0.25, 0.3) is 0 Å². The van der Waals surface area contributed by atoms with Crippen LogP contribution in [0.1, 0.15) is 18.5 Å². The number of imide groups is 1. The third-order valence-electron chi connectivity index (χ3n) is 2.64. The minimum absolute atomic E-state index is 0.179. The molecule has 0 bridgehead atoms. The van der Waals surface area contributed by atoms with Gasteiger partial charge in [-0.3, -0.25) is 4.79 Å². The topological polar surface area (TPSA) is 46.6 Å². The van der Waals surface area contributed by atoms with Gasteiger partial charge in [0, 0.05) is 0 Å². The number of cyclic esters (lactones) is 1. The van der Waals surface area contributed by atoms with Crippen LogP contribution < -0.4 is 0 Å². The highest BCUT2D eigenvalue weighted by Crippen LogP contribution is 2.28. The molecule has 0 aliphatic carbocycles. The molecule has 1 unspecified atom stereocenters. The Hall–Kier alpha value is -1.55. The van der Waals surface area contributed by atoms with Gasteiger partial charge >= 0.3 is 6.09 Å². The van der Waals surface area contributed by atoms with Crippen molar-refractivity contribution in [1.82, 2.24) is 4.90 Å². The van der Waals surface area contributed by atoms with Crippen molar-refractivity contribution in [2.45, 2.75) is 18.3 Å². The van der Waals surface area contributed by atoms with Crippen LogP contribution in [0.2, 0.25) is 0 Å². The van der Waals surface area contributed by atoms with Crippen LogP contribution >= 0.6 is 11.6 Å². The summed E-state index contributed by atoms with van der Waals surface area (Å²) in [5.74, 6) is -0.428. The molecule has 2 atom stereocenters. The summed E-state index contributed by atoms with van der Waals surface area (Å²) >= 11 is 5.73. The SMILES string of the molecule is CC(Cl)C(=O)N1C(=O)OC[C@H]1c1ccccc1. The van der Waals surface area contributed by atoms with Gasteiger partial charge in [-0.15, -0.1) is 11.6 Å². The van der Waals surface area contributed by atoms with Crippen molar-refractivity contribution in [1.29, 1.82) is 0 Å². The van der Waals surface area contributed by atoms with Crippen LogP contribution in [-0.2, 0) is 9.53 Å². The van der Waals surface area contributed by atoms with Crippen molar-refractivity contribution in [2.75, 3.05) is 6.61 Å². The first-order chi connectivity index (χ1) is 8.11. The highest BCUT2D eigenvalue weighted by Gasteiger charge is 2.40. The highest BCUT2D eigenvalue weighted by atomic mass is 35.5. The molecule has 17 heavy (non-hydrogen) atoms. The predicted molar refractivity (Wildman–Crippen MR) is 62.7 cm³/mol. The molecule has 0 radical (unpaired) electrons. The Balaban J connectivity index is 2.29. The lowest BCUT2D eigenvalue weighted by atomic mass is 10.1. The van der Waals surface area contributed by atoms with Gasteiger partial charge < -0.3 is 4.74 Å². The number of benzene rings is 1. The molecule has 1 heterocycles. The Bertz CT molecular complexity index is 433. The number of carbonyl (C=O) groups excluding carboxylic acids is 2. The van der Waals surface area contributed by atoms with E-state index in [1.807, 2.05) is 30.3 Å². The minimum Gasteiger partial charge on any atom is -0.446 e. The maximum Gasteiger partial charge on any atom is 0.417 e. The van der Waals surface area contributed by atoms with Crippen LogP contribution in [0.3, 0.4) is 0 Å². The van der Waals surface area contributed by atoms with Crippen molar-refractivity contribution in [3.8, 4) is 0 Å². The summed E-state index contributed by atoms with van der Waals surface area (Å²) in [6.07, 6.45) is -0.628. The summed E-state index contributed by atoms with van der Waals surface area (Å²) in [6.45, 7) is 1.72. The van der Waals surface area contributed by atoms with Crippen molar-refractivity contribution < 1.29 is 14.3 Å². The third-order valence-corrected chi connectivity index (χ3v) is 2.82. The van der Waals surface area contributed by atoms with E-state index in [-0.39, 0.29) is 12.6 Å². The number of hydrogen-bond acceptors (Lipinski definition) is 3. The second-order valence-electron chi connectivity index (χ2n) is 3.83. The van der Waals surface area contributed by atoms with E-state index < -0.39 is 17.4 Å². The van der Waals surface area contributed by atoms with Gasteiger partial charge in [0.15, 0.2) is 0 Å². The summed E-state index contributed by atoms with van der Waals surface area (Å²) in [6, 6.07) is 8.91.